The van der Waals surface area contributed by atoms with Gasteiger partial charge in [0.2, 0.25) is 0 Å². The Kier molecular flexibility index (Phi) is 7.07. The number of anilines is 1. The summed E-state index contributed by atoms with van der Waals surface area (Å²) in [4.78, 5) is 30.3. The van der Waals surface area contributed by atoms with Gasteiger partial charge in [-0.05, 0) is 54.8 Å². The van der Waals surface area contributed by atoms with Gasteiger partial charge in [0.05, 0.1) is 17.9 Å². The Labute approximate surface area is 199 Å². The second-order valence-electron chi connectivity index (χ2n) is 8.02. The minimum atomic E-state index is -0.512. The lowest BCUT2D eigenvalue weighted by atomic mass is 10.0. The van der Waals surface area contributed by atoms with Gasteiger partial charge in [-0.1, -0.05) is 55.5 Å². The second-order valence-corrected chi connectivity index (χ2v) is 8.02. The van der Waals surface area contributed by atoms with Crippen LogP contribution in [-0.4, -0.2) is 29.9 Å². The Morgan fingerprint density at radius 2 is 1.62 bits per heavy atom. The number of carbonyl (C=O) groups is 2. The lowest BCUT2D eigenvalue weighted by Crippen LogP contribution is -2.35. The maximum absolute atomic E-state index is 14.0. The summed E-state index contributed by atoms with van der Waals surface area (Å²) in [6.45, 7) is 5.54. The molecular weight excluding hydrogens is 431 g/mol. The number of carbonyl (C=O) groups excluding carboxylic acids is 2. The molecule has 1 aliphatic rings. The van der Waals surface area contributed by atoms with Gasteiger partial charge in [-0.3, -0.25) is 9.59 Å². The van der Waals surface area contributed by atoms with E-state index in [1.165, 1.54) is 18.2 Å². The third-order valence-electron chi connectivity index (χ3n) is 5.66. The van der Waals surface area contributed by atoms with Crippen LogP contribution in [0.1, 0.15) is 31.4 Å². The fourth-order valence-corrected chi connectivity index (χ4v) is 4.01. The fraction of sp³-hybridized carbons (Fsp3) is 0.214. The van der Waals surface area contributed by atoms with Crippen molar-refractivity contribution >= 4 is 23.1 Å². The zero-order valence-corrected chi connectivity index (χ0v) is 19.3. The summed E-state index contributed by atoms with van der Waals surface area (Å²) in [7, 11) is 0. The van der Waals surface area contributed by atoms with E-state index >= 15 is 0 Å². The van der Waals surface area contributed by atoms with Crippen LogP contribution < -0.4 is 9.64 Å². The van der Waals surface area contributed by atoms with Gasteiger partial charge in [0.25, 0.3) is 11.8 Å². The van der Waals surface area contributed by atoms with Gasteiger partial charge in [-0.2, -0.15) is 0 Å². The molecule has 3 aromatic rings. The van der Waals surface area contributed by atoms with E-state index in [0.717, 1.165) is 16.9 Å². The molecule has 4 rings (SSSR count). The minimum Gasteiger partial charge on any atom is -0.494 e. The minimum absolute atomic E-state index is 0.209. The van der Waals surface area contributed by atoms with Crippen molar-refractivity contribution in [3.05, 3.63) is 102 Å². The summed E-state index contributed by atoms with van der Waals surface area (Å²) in [5.41, 5.74) is 2.45. The highest BCUT2D eigenvalue weighted by molar-refractivity contribution is 6.45. The van der Waals surface area contributed by atoms with E-state index in [-0.39, 0.29) is 5.69 Å². The van der Waals surface area contributed by atoms with Crippen molar-refractivity contribution in [3.63, 3.8) is 0 Å². The second kappa shape index (κ2) is 10.3. The number of likely N-dealkylation sites (N-methyl/N-ethyl adjacent to an activating group) is 1. The molecule has 1 heterocycles. The smallest absolute Gasteiger partial charge is 0.282 e. The van der Waals surface area contributed by atoms with Crippen molar-refractivity contribution in [1.29, 1.82) is 0 Å². The Hall–Kier alpha value is -3.93. The molecular formula is C28H27FN2O3. The van der Waals surface area contributed by atoms with Crippen LogP contribution in [0.4, 0.5) is 10.1 Å². The molecule has 174 valence electrons. The van der Waals surface area contributed by atoms with Crippen LogP contribution in [0.5, 0.6) is 5.75 Å². The molecule has 0 radical (unpaired) electrons. The standard InChI is InChI=1S/C28H27FN2O3/c1-3-17-34-24-15-13-21(14-16-24)25-26(30(4-2)19-20-9-6-5-7-10-20)28(33)31(27(25)32)23-12-8-11-22(29)18-23/h5-16,18H,3-4,17,19H2,1-2H3. The van der Waals surface area contributed by atoms with E-state index in [9.17, 15) is 14.0 Å². The van der Waals surface area contributed by atoms with E-state index in [1.54, 1.807) is 30.3 Å². The van der Waals surface area contributed by atoms with Crippen molar-refractivity contribution in [2.24, 2.45) is 0 Å². The summed E-state index contributed by atoms with van der Waals surface area (Å²) >= 11 is 0. The van der Waals surface area contributed by atoms with Crippen LogP contribution in [0.2, 0.25) is 0 Å². The van der Waals surface area contributed by atoms with Crippen molar-refractivity contribution in [1.82, 2.24) is 4.90 Å². The molecule has 1 aliphatic heterocycles. The average molecular weight is 459 g/mol. The molecule has 0 N–H and O–H groups in total. The van der Waals surface area contributed by atoms with Crippen LogP contribution in [0.3, 0.4) is 0 Å². The van der Waals surface area contributed by atoms with Gasteiger partial charge in [-0.15, -0.1) is 0 Å². The first kappa shape index (κ1) is 23.2. The number of hydrogen-bond donors (Lipinski definition) is 0. The largest absolute Gasteiger partial charge is 0.494 e. The number of ether oxygens (including phenoxy) is 1. The molecule has 0 saturated heterocycles. The maximum atomic E-state index is 14.0. The number of amides is 2. The third-order valence-corrected chi connectivity index (χ3v) is 5.66. The van der Waals surface area contributed by atoms with Crippen molar-refractivity contribution in [2.45, 2.75) is 26.8 Å². The van der Waals surface area contributed by atoms with Gasteiger partial charge in [-0.25, -0.2) is 9.29 Å². The van der Waals surface area contributed by atoms with Crippen LogP contribution in [0.15, 0.2) is 84.6 Å². The lowest BCUT2D eigenvalue weighted by Gasteiger charge is -2.25. The van der Waals surface area contributed by atoms with Crippen LogP contribution in [0, 0.1) is 5.82 Å². The summed E-state index contributed by atoms with van der Waals surface area (Å²) < 4.78 is 19.6. The summed E-state index contributed by atoms with van der Waals surface area (Å²) in [6, 6.07) is 22.5. The molecule has 34 heavy (non-hydrogen) atoms. The van der Waals surface area contributed by atoms with Gasteiger partial charge in [0, 0.05) is 13.1 Å². The highest BCUT2D eigenvalue weighted by Crippen LogP contribution is 2.36. The molecule has 0 unspecified atom stereocenters. The van der Waals surface area contributed by atoms with E-state index in [0.29, 0.717) is 42.3 Å². The van der Waals surface area contributed by atoms with Gasteiger partial charge in [0.15, 0.2) is 0 Å². The van der Waals surface area contributed by atoms with E-state index < -0.39 is 17.6 Å². The topological polar surface area (TPSA) is 49.9 Å². The number of halogens is 1. The van der Waals surface area contributed by atoms with Crippen LogP contribution >= 0.6 is 0 Å². The number of nitrogens with zero attached hydrogens (tertiary/aromatic N) is 2. The van der Waals surface area contributed by atoms with Crippen molar-refractivity contribution in [3.8, 4) is 5.75 Å². The molecule has 0 fully saturated rings. The molecule has 0 bridgehead atoms. The first-order valence-electron chi connectivity index (χ1n) is 11.4. The average Bonchev–Trinajstić information content (AvgIpc) is 3.12. The Morgan fingerprint density at radius 3 is 2.26 bits per heavy atom. The molecule has 0 atom stereocenters. The van der Waals surface area contributed by atoms with E-state index in [4.69, 9.17) is 4.74 Å². The lowest BCUT2D eigenvalue weighted by molar-refractivity contribution is -0.120. The number of benzene rings is 3. The molecule has 0 saturated carbocycles. The highest BCUT2D eigenvalue weighted by Gasteiger charge is 2.42. The van der Waals surface area contributed by atoms with Gasteiger partial charge >= 0.3 is 0 Å². The van der Waals surface area contributed by atoms with E-state index in [1.807, 2.05) is 49.1 Å². The Morgan fingerprint density at radius 1 is 0.882 bits per heavy atom. The highest BCUT2D eigenvalue weighted by atomic mass is 19.1. The molecule has 6 heteroatoms. The normalized spacial score (nSPS) is 13.6. The number of rotatable bonds is 9. The molecule has 5 nitrogen and oxygen atoms in total. The third kappa shape index (κ3) is 4.71. The predicted molar refractivity (Wildman–Crippen MR) is 131 cm³/mol. The Balaban J connectivity index is 1.78. The quantitative estimate of drug-likeness (QED) is 0.402. The molecule has 0 aromatic heterocycles. The summed E-state index contributed by atoms with van der Waals surface area (Å²) in [5, 5.41) is 0. The van der Waals surface area contributed by atoms with E-state index in [2.05, 4.69) is 0 Å². The molecule has 0 aliphatic carbocycles. The zero-order chi connectivity index (χ0) is 24.1. The zero-order valence-electron chi connectivity index (χ0n) is 19.3. The fourth-order valence-electron chi connectivity index (χ4n) is 4.01. The van der Waals surface area contributed by atoms with Gasteiger partial charge < -0.3 is 9.64 Å². The number of imide groups is 1. The Bertz CT molecular complexity index is 1210. The first-order valence-corrected chi connectivity index (χ1v) is 11.4. The molecule has 3 aromatic carbocycles. The van der Waals surface area contributed by atoms with Gasteiger partial charge in [0.1, 0.15) is 17.3 Å². The maximum Gasteiger partial charge on any atom is 0.282 e. The molecule has 2 amide bonds. The SMILES string of the molecule is CCCOc1ccc(C2=C(N(CC)Cc3ccccc3)C(=O)N(c3cccc(F)c3)C2=O)cc1. The van der Waals surface area contributed by atoms with Crippen molar-refractivity contribution in [2.75, 3.05) is 18.1 Å². The predicted octanol–water partition coefficient (Wildman–Crippen LogP) is 5.42. The number of hydrogen-bond acceptors (Lipinski definition) is 4. The van der Waals surface area contributed by atoms with Crippen LogP contribution in [-0.2, 0) is 16.1 Å². The molecule has 0 spiro atoms. The summed E-state index contributed by atoms with van der Waals surface area (Å²) in [6.07, 6.45) is 0.886. The monoisotopic (exact) mass is 458 g/mol. The summed E-state index contributed by atoms with van der Waals surface area (Å²) in [5.74, 6) is -0.751. The van der Waals surface area contributed by atoms with Crippen molar-refractivity contribution < 1.29 is 18.7 Å². The van der Waals surface area contributed by atoms with Crippen LogP contribution in [0.25, 0.3) is 5.57 Å². The first-order chi connectivity index (χ1) is 16.5.